The van der Waals surface area contributed by atoms with Gasteiger partial charge >= 0.3 is 0 Å². The Bertz CT molecular complexity index is 2400. The highest BCUT2D eigenvalue weighted by atomic mass is 32.1. The third kappa shape index (κ3) is 2.93. The van der Waals surface area contributed by atoms with Crippen molar-refractivity contribution in [3.05, 3.63) is 115 Å². The Morgan fingerprint density at radius 1 is 0.564 bits per heavy atom. The first kappa shape index (κ1) is 21.0. The van der Waals surface area contributed by atoms with E-state index in [1.54, 1.807) is 11.3 Å². The van der Waals surface area contributed by atoms with Gasteiger partial charge in [0.25, 0.3) is 0 Å². The van der Waals surface area contributed by atoms with Gasteiger partial charge in [0.1, 0.15) is 11.2 Å². The molecule has 0 saturated carbocycles. The molecule has 9 aromatic rings. The first-order valence-electron chi connectivity index (χ1n) is 12.9. The van der Waals surface area contributed by atoms with E-state index >= 15 is 0 Å². The van der Waals surface area contributed by atoms with Gasteiger partial charge in [-0.15, -0.1) is 11.3 Å². The van der Waals surface area contributed by atoms with Crippen LogP contribution in [-0.2, 0) is 0 Å². The molecule has 0 spiro atoms. The van der Waals surface area contributed by atoms with E-state index in [0.717, 1.165) is 65.2 Å². The summed E-state index contributed by atoms with van der Waals surface area (Å²) >= 11 is 1.75. The number of thiophene rings is 1. The summed E-state index contributed by atoms with van der Waals surface area (Å²) in [6.07, 6.45) is 0. The maximum absolute atomic E-state index is 6.30. The zero-order valence-electron chi connectivity index (χ0n) is 20.6. The predicted octanol–water partition coefficient (Wildman–Crippen LogP) is 9.51. The number of benzene rings is 5. The molecule has 182 valence electrons. The van der Waals surface area contributed by atoms with Gasteiger partial charge in [-0.3, -0.25) is 4.57 Å². The van der Waals surface area contributed by atoms with E-state index in [4.69, 9.17) is 14.4 Å². The summed E-state index contributed by atoms with van der Waals surface area (Å²) in [4.78, 5) is 10.5. The number of nitrogens with zero attached hydrogens (tertiary/aromatic N) is 3. The Kier molecular flexibility index (Phi) is 4.18. The van der Waals surface area contributed by atoms with Crippen molar-refractivity contribution in [2.45, 2.75) is 0 Å². The predicted molar refractivity (Wildman–Crippen MR) is 162 cm³/mol. The first-order chi connectivity index (χ1) is 19.3. The normalized spacial score (nSPS) is 12.1. The SMILES string of the molecule is c1ccc(-c2nc(-n3c4ccccc4c4cc5c(cc43)oc3ccccc35)nc3c2sc2ccccc23)cc1. The molecule has 5 heteroatoms. The van der Waals surface area contributed by atoms with Crippen molar-refractivity contribution >= 4 is 75.4 Å². The maximum Gasteiger partial charge on any atom is 0.235 e. The Labute approximate surface area is 226 Å². The van der Waals surface area contributed by atoms with Crippen LogP contribution >= 0.6 is 11.3 Å². The van der Waals surface area contributed by atoms with E-state index in [1.165, 1.54) is 10.1 Å². The minimum absolute atomic E-state index is 0.659. The lowest BCUT2D eigenvalue weighted by Crippen LogP contribution is -2.02. The molecule has 9 rings (SSSR count). The van der Waals surface area contributed by atoms with Crippen LogP contribution in [0.5, 0.6) is 0 Å². The second-order valence-corrected chi connectivity index (χ2v) is 10.9. The second-order valence-electron chi connectivity index (χ2n) is 9.83. The molecular formula is C34H19N3OS. The van der Waals surface area contributed by atoms with Crippen LogP contribution in [0, 0.1) is 0 Å². The number of fused-ring (bicyclic) bond motifs is 9. The number of hydrogen-bond acceptors (Lipinski definition) is 4. The fraction of sp³-hybridized carbons (Fsp3) is 0. The molecule has 0 aliphatic carbocycles. The van der Waals surface area contributed by atoms with Gasteiger partial charge in [-0.05, 0) is 24.3 Å². The van der Waals surface area contributed by atoms with Crippen LogP contribution in [0.15, 0.2) is 120 Å². The van der Waals surface area contributed by atoms with Crippen LogP contribution in [0.1, 0.15) is 0 Å². The van der Waals surface area contributed by atoms with Gasteiger partial charge in [-0.1, -0.05) is 84.9 Å². The third-order valence-corrected chi connectivity index (χ3v) is 8.79. The van der Waals surface area contributed by atoms with Gasteiger partial charge in [0, 0.05) is 43.3 Å². The van der Waals surface area contributed by atoms with Crippen molar-refractivity contribution in [3.8, 4) is 17.2 Å². The van der Waals surface area contributed by atoms with Gasteiger partial charge < -0.3 is 4.42 Å². The summed E-state index contributed by atoms with van der Waals surface area (Å²) in [7, 11) is 0. The molecule has 0 bridgehead atoms. The minimum atomic E-state index is 0.659. The van der Waals surface area contributed by atoms with Crippen LogP contribution < -0.4 is 0 Å². The fourth-order valence-corrected chi connectivity index (χ4v) is 7.03. The van der Waals surface area contributed by atoms with Gasteiger partial charge in [0.2, 0.25) is 5.95 Å². The van der Waals surface area contributed by atoms with Crippen molar-refractivity contribution in [2.75, 3.05) is 0 Å². The standard InChI is InChI=1S/C34H19N3OS/c1-2-10-20(11-3-1)31-33-32(23-14-6-9-17-30(23)39-33)36-34(35-31)37-26-15-7-4-12-21(26)24-18-25-22-13-5-8-16-28(22)38-29(25)19-27(24)37/h1-19H. The summed E-state index contributed by atoms with van der Waals surface area (Å²) in [5.74, 6) is 0.659. The molecule has 5 aromatic carbocycles. The van der Waals surface area contributed by atoms with Crippen LogP contribution in [-0.4, -0.2) is 14.5 Å². The summed E-state index contributed by atoms with van der Waals surface area (Å²) in [6.45, 7) is 0. The van der Waals surface area contributed by atoms with Crippen molar-refractivity contribution in [3.63, 3.8) is 0 Å². The summed E-state index contributed by atoms with van der Waals surface area (Å²) in [5, 5.41) is 5.72. The molecule has 4 aromatic heterocycles. The Morgan fingerprint density at radius 3 is 2.21 bits per heavy atom. The molecule has 0 saturated heterocycles. The number of rotatable bonds is 2. The number of hydrogen-bond donors (Lipinski definition) is 0. The van der Waals surface area contributed by atoms with Gasteiger partial charge in [-0.2, -0.15) is 0 Å². The lowest BCUT2D eigenvalue weighted by atomic mass is 10.1. The summed E-state index contributed by atoms with van der Waals surface area (Å²) in [6, 6.07) is 40.0. The second kappa shape index (κ2) is 7.76. The van der Waals surface area contributed by atoms with E-state index in [-0.39, 0.29) is 0 Å². The molecule has 0 unspecified atom stereocenters. The Hall–Kier alpha value is -5.00. The van der Waals surface area contributed by atoms with E-state index in [2.05, 4.69) is 102 Å². The Balaban J connectivity index is 1.45. The fourth-order valence-electron chi connectivity index (χ4n) is 5.87. The van der Waals surface area contributed by atoms with Crippen LogP contribution in [0.2, 0.25) is 0 Å². The molecule has 0 amide bonds. The average Bonchev–Trinajstić information content (AvgIpc) is 3.65. The molecule has 4 nitrogen and oxygen atoms in total. The van der Waals surface area contributed by atoms with E-state index in [0.29, 0.717) is 5.95 Å². The highest BCUT2D eigenvalue weighted by Gasteiger charge is 2.21. The highest BCUT2D eigenvalue weighted by Crippen LogP contribution is 2.41. The van der Waals surface area contributed by atoms with Crippen molar-refractivity contribution in [1.82, 2.24) is 14.5 Å². The first-order valence-corrected chi connectivity index (χ1v) is 13.7. The van der Waals surface area contributed by atoms with Gasteiger partial charge in [0.15, 0.2) is 0 Å². The van der Waals surface area contributed by atoms with E-state index < -0.39 is 0 Å². The average molecular weight is 518 g/mol. The molecule has 0 fully saturated rings. The zero-order valence-corrected chi connectivity index (χ0v) is 21.4. The molecule has 0 aliphatic rings. The summed E-state index contributed by atoms with van der Waals surface area (Å²) < 4.78 is 10.8. The molecule has 0 aliphatic heterocycles. The number of aromatic nitrogens is 3. The van der Waals surface area contributed by atoms with Crippen LogP contribution in [0.3, 0.4) is 0 Å². The van der Waals surface area contributed by atoms with Crippen LogP contribution in [0.25, 0.3) is 81.3 Å². The van der Waals surface area contributed by atoms with E-state index in [9.17, 15) is 0 Å². The smallest absolute Gasteiger partial charge is 0.235 e. The van der Waals surface area contributed by atoms with Crippen molar-refractivity contribution in [1.29, 1.82) is 0 Å². The lowest BCUT2D eigenvalue weighted by Gasteiger charge is -2.10. The monoisotopic (exact) mass is 517 g/mol. The summed E-state index contributed by atoms with van der Waals surface area (Å²) in [5.41, 5.74) is 6.87. The molecule has 4 heterocycles. The molecule has 39 heavy (non-hydrogen) atoms. The molecular weight excluding hydrogens is 498 g/mol. The molecule has 0 N–H and O–H groups in total. The van der Waals surface area contributed by atoms with Gasteiger partial charge in [-0.25, -0.2) is 9.97 Å². The maximum atomic E-state index is 6.30. The zero-order chi connectivity index (χ0) is 25.5. The highest BCUT2D eigenvalue weighted by molar-refractivity contribution is 7.26. The number of furan rings is 1. The molecule has 0 radical (unpaired) electrons. The van der Waals surface area contributed by atoms with Crippen LogP contribution in [0.4, 0.5) is 0 Å². The Morgan fingerprint density at radius 2 is 1.31 bits per heavy atom. The van der Waals surface area contributed by atoms with Gasteiger partial charge in [0.05, 0.1) is 26.9 Å². The van der Waals surface area contributed by atoms with Crippen molar-refractivity contribution in [2.24, 2.45) is 0 Å². The molecule has 0 atom stereocenters. The lowest BCUT2D eigenvalue weighted by molar-refractivity contribution is 0.669. The third-order valence-electron chi connectivity index (χ3n) is 7.63. The quantitative estimate of drug-likeness (QED) is 0.229. The topological polar surface area (TPSA) is 43.9 Å². The number of para-hydroxylation sites is 2. The minimum Gasteiger partial charge on any atom is -0.456 e. The van der Waals surface area contributed by atoms with Crippen molar-refractivity contribution < 1.29 is 4.42 Å². The van der Waals surface area contributed by atoms with E-state index in [1.807, 2.05) is 18.2 Å². The largest absolute Gasteiger partial charge is 0.456 e.